The van der Waals surface area contributed by atoms with E-state index in [0.29, 0.717) is 6.04 Å². The summed E-state index contributed by atoms with van der Waals surface area (Å²) in [5.41, 5.74) is 2.74. The maximum Gasteiger partial charge on any atom is 0.0991 e. The van der Waals surface area contributed by atoms with E-state index >= 15 is 0 Å². The van der Waals surface area contributed by atoms with Crippen molar-refractivity contribution in [2.75, 3.05) is 0 Å². The average molecular weight is 257 g/mol. The molecule has 1 heterocycles. The minimum Gasteiger partial charge on any atom is -0.310 e. The standard InChI is InChI=1S/C16H23N3/c1-13(16(2,3)4)18-11-14-5-7-15(8-6-14)19-10-9-17-12-19/h5-10,12-13,18H,11H2,1-4H3. The Morgan fingerprint density at radius 1 is 1.21 bits per heavy atom. The molecule has 0 aliphatic rings. The Morgan fingerprint density at radius 3 is 2.42 bits per heavy atom. The molecule has 0 spiro atoms. The van der Waals surface area contributed by atoms with Crippen LogP contribution in [0.5, 0.6) is 0 Å². The second-order valence-corrected chi connectivity index (χ2v) is 6.11. The van der Waals surface area contributed by atoms with E-state index in [1.165, 1.54) is 5.56 Å². The van der Waals surface area contributed by atoms with E-state index in [4.69, 9.17) is 0 Å². The van der Waals surface area contributed by atoms with Gasteiger partial charge in [0.15, 0.2) is 0 Å². The third-order valence-corrected chi connectivity index (χ3v) is 3.65. The summed E-state index contributed by atoms with van der Waals surface area (Å²) >= 11 is 0. The molecule has 0 radical (unpaired) electrons. The van der Waals surface area contributed by atoms with Crippen LogP contribution in [0.3, 0.4) is 0 Å². The predicted octanol–water partition coefficient (Wildman–Crippen LogP) is 3.40. The topological polar surface area (TPSA) is 29.9 Å². The van der Waals surface area contributed by atoms with Gasteiger partial charge in [-0.15, -0.1) is 0 Å². The second kappa shape index (κ2) is 5.57. The molecule has 0 bridgehead atoms. The fourth-order valence-corrected chi connectivity index (χ4v) is 1.77. The summed E-state index contributed by atoms with van der Waals surface area (Å²) in [4.78, 5) is 4.06. The fraction of sp³-hybridized carbons (Fsp3) is 0.438. The summed E-state index contributed by atoms with van der Waals surface area (Å²) in [6.45, 7) is 9.91. The average Bonchev–Trinajstić information content (AvgIpc) is 2.89. The van der Waals surface area contributed by atoms with Gasteiger partial charge in [0.25, 0.3) is 0 Å². The van der Waals surface area contributed by atoms with Crippen LogP contribution in [0.1, 0.15) is 33.3 Å². The first-order chi connectivity index (χ1) is 8.97. The molecule has 2 rings (SSSR count). The first kappa shape index (κ1) is 13.8. The van der Waals surface area contributed by atoms with Gasteiger partial charge < -0.3 is 9.88 Å². The third-order valence-electron chi connectivity index (χ3n) is 3.65. The first-order valence-corrected chi connectivity index (χ1v) is 6.77. The maximum absolute atomic E-state index is 4.06. The molecular formula is C16H23N3. The number of imidazole rings is 1. The van der Waals surface area contributed by atoms with Gasteiger partial charge in [0.1, 0.15) is 0 Å². The van der Waals surface area contributed by atoms with Crippen molar-refractivity contribution in [1.82, 2.24) is 14.9 Å². The Labute approximate surface area is 115 Å². The van der Waals surface area contributed by atoms with Gasteiger partial charge in [-0.25, -0.2) is 4.98 Å². The van der Waals surface area contributed by atoms with Gasteiger partial charge in [-0.3, -0.25) is 0 Å². The number of rotatable bonds is 4. The third kappa shape index (κ3) is 3.67. The molecule has 0 aliphatic heterocycles. The molecule has 0 saturated heterocycles. The smallest absolute Gasteiger partial charge is 0.0991 e. The highest BCUT2D eigenvalue weighted by molar-refractivity contribution is 5.34. The van der Waals surface area contributed by atoms with Crippen LogP contribution in [-0.2, 0) is 6.54 Å². The van der Waals surface area contributed by atoms with Crippen LogP contribution in [0.15, 0.2) is 43.0 Å². The molecule has 102 valence electrons. The lowest BCUT2D eigenvalue weighted by molar-refractivity contribution is 0.285. The molecule has 1 N–H and O–H groups in total. The summed E-state index contributed by atoms with van der Waals surface area (Å²) in [7, 11) is 0. The first-order valence-electron chi connectivity index (χ1n) is 6.77. The quantitative estimate of drug-likeness (QED) is 0.909. The summed E-state index contributed by atoms with van der Waals surface area (Å²) in [6.07, 6.45) is 5.56. The van der Waals surface area contributed by atoms with E-state index in [-0.39, 0.29) is 5.41 Å². The summed E-state index contributed by atoms with van der Waals surface area (Å²) < 4.78 is 2.01. The Bertz CT molecular complexity index is 492. The van der Waals surface area contributed by atoms with Crippen molar-refractivity contribution in [3.8, 4) is 5.69 Å². The molecule has 1 aromatic heterocycles. The molecule has 3 heteroatoms. The molecule has 0 fully saturated rings. The summed E-state index contributed by atoms with van der Waals surface area (Å²) in [5, 5.41) is 3.57. The number of nitrogens with one attached hydrogen (secondary N) is 1. The number of aromatic nitrogens is 2. The molecule has 0 aliphatic carbocycles. The zero-order chi connectivity index (χ0) is 13.9. The summed E-state index contributed by atoms with van der Waals surface area (Å²) in [5.74, 6) is 0. The van der Waals surface area contributed by atoms with Gasteiger partial charge >= 0.3 is 0 Å². The van der Waals surface area contributed by atoms with E-state index in [9.17, 15) is 0 Å². The van der Waals surface area contributed by atoms with Crippen LogP contribution in [0.4, 0.5) is 0 Å². The van der Waals surface area contributed by atoms with Crippen LogP contribution in [-0.4, -0.2) is 15.6 Å². The maximum atomic E-state index is 4.06. The van der Waals surface area contributed by atoms with Crippen molar-refractivity contribution in [2.24, 2.45) is 5.41 Å². The molecule has 1 atom stereocenters. The molecule has 1 aromatic carbocycles. The zero-order valence-corrected chi connectivity index (χ0v) is 12.2. The van der Waals surface area contributed by atoms with Crippen LogP contribution in [0.25, 0.3) is 5.69 Å². The molecule has 1 unspecified atom stereocenters. The van der Waals surface area contributed by atoms with Crippen LogP contribution >= 0.6 is 0 Å². The lowest BCUT2D eigenvalue weighted by Gasteiger charge is -2.28. The lowest BCUT2D eigenvalue weighted by Crippen LogP contribution is -2.37. The largest absolute Gasteiger partial charge is 0.310 e. The monoisotopic (exact) mass is 257 g/mol. The molecule has 2 aromatic rings. The van der Waals surface area contributed by atoms with Gasteiger partial charge in [0.05, 0.1) is 6.33 Å². The van der Waals surface area contributed by atoms with Gasteiger partial charge in [-0.05, 0) is 30.0 Å². The number of benzene rings is 1. The number of nitrogens with zero attached hydrogens (tertiary/aromatic N) is 2. The van der Waals surface area contributed by atoms with Crippen molar-refractivity contribution in [3.63, 3.8) is 0 Å². The van der Waals surface area contributed by atoms with E-state index in [1.54, 1.807) is 6.20 Å². The van der Waals surface area contributed by atoms with E-state index in [0.717, 1.165) is 12.2 Å². The second-order valence-electron chi connectivity index (χ2n) is 6.11. The van der Waals surface area contributed by atoms with Gasteiger partial charge in [0, 0.05) is 30.7 Å². The van der Waals surface area contributed by atoms with Crippen molar-refractivity contribution in [3.05, 3.63) is 48.5 Å². The fourth-order valence-electron chi connectivity index (χ4n) is 1.77. The van der Waals surface area contributed by atoms with E-state index in [1.807, 2.05) is 17.1 Å². The molecule has 3 nitrogen and oxygen atoms in total. The molecular weight excluding hydrogens is 234 g/mol. The number of hydrogen-bond donors (Lipinski definition) is 1. The minimum atomic E-state index is 0.288. The van der Waals surface area contributed by atoms with Crippen molar-refractivity contribution < 1.29 is 0 Å². The Morgan fingerprint density at radius 2 is 1.89 bits per heavy atom. The highest BCUT2D eigenvalue weighted by Crippen LogP contribution is 2.19. The minimum absolute atomic E-state index is 0.288. The molecule has 0 amide bonds. The SMILES string of the molecule is CC(NCc1ccc(-n2ccnc2)cc1)C(C)(C)C. The molecule has 19 heavy (non-hydrogen) atoms. The number of hydrogen-bond acceptors (Lipinski definition) is 2. The Hall–Kier alpha value is -1.61. The van der Waals surface area contributed by atoms with Crippen molar-refractivity contribution in [1.29, 1.82) is 0 Å². The van der Waals surface area contributed by atoms with Crippen LogP contribution < -0.4 is 5.32 Å². The van der Waals surface area contributed by atoms with Crippen molar-refractivity contribution in [2.45, 2.75) is 40.3 Å². The summed E-state index contributed by atoms with van der Waals surface area (Å²) in [6, 6.07) is 9.07. The lowest BCUT2D eigenvalue weighted by atomic mass is 9.88. The highest BCUT2D eigenvalue weighted by atomic mass is 15.0. The Balaban J connectivity index is 1.96. The molecule has 0 saturated carbocycles. The normalized spacial score (nSPS) is 13.5. The zero-order valence-electron chi connectivity index (χ0n) is 12.2. The Kier molecular flexibility index (Phi) is 4.05. The van der Waals surface area contributed by atoms with Gasteiger partial charge in [-0.1, -0.05) is 32.9 Å². The van der Waals surface area contributed by atoms with Crippen LogP contribution in [0.2, 0.25) is 0 Å². The predicted molar refractivity (Wildman–Crippen MR) is 79.3 cm³/mol. The van der Waals surface area contributed by atoms with E-state index < -0.39 is 0 Å². The van der Waals surface area contributed by atoms with Gasteiger partial charge in [-0.2, -0.15) is 0 Å². The van der Waals surface area contributed by atoms with Crippen molar-refractivity contribution >= 4 is 0 Å². The van der Waals surface area contributed by atoms with Gasteiger partial charge in [0.2, 0.25) is 0 Å². The highest BCUT2D eigenvalue weighted by Gasteiger charge is 2.18. The van der Waals surface area contributed by atoms with Crippen LogP contribution in [0, 0.1) is 5.41 Å². The van der Waals surface area contributed by atoms with E-state index in [2.05, 4.69) is 62.3 Å².